The van der Waals surface area contributed by atoms with Gasteiger partial charge in [-0.2, -0.15) is 0 Å². The fraction of sp³-hybridized carbons (Fsp3) is 0.158. The Hall–Kier alpha value is -2.51. The number of aromatic hydroxyl groups is 1. The lowest BCUT2D eigenvalue weighted by atomic mass is 10.2. The maximum atomic E-state index is 12.9. The number of nitrogens with zero attached hydrogens (tertiary/aromatic N) is 1. The Bertz CT molecular complexity index is 895. The molecule has 0 bridgehead atoms. The third-order valence-corrected chi connectivity index (χ3v) is 5.00. The quantitative estimate of drug-likeness (QED) is 0.613. The monoisotopic (exact) mass is 387 g/mol. The first kappa shape index (κ1) is 18.3. The molecule has 0 aliphatic carbocycles. The minimum Gasteiger partial charge on any atom is -0.504 e. The number of hydrogen-bond donors (Lipinski definition) is 1. The number of para-hydroxylation sites is 2. The molecule has 1 aliphatic heterocycles. The second-order valence-corrected chi connectivity index (χ2v) is 7.02. The zero-order valence-corrected chi connectivity index (χ0v) is 15.9. The molecule has 0 saturated carbocycles. The molecule has 0 spiro atoms. The maximum absolute atomic E-state index is 12.9. The second kappa shape index (κ2) is 7.80. The van der Waals surface area contributed by atoms with Crippen molar-refractivity contribution in [3.05, 3.63) is 52.9 Å². The third-order valence-electron chi connectivity index (χ3n) is 3.70. The molecule has 1 aliphatic rings. The van der Waals surface area contributed by atoms with Gasteiger partial charge in [-0.1, -0.05) is 42.2 Å². The molecule has 1 saturated heterocycles. The second-order valence-electron chi connectivity index (χ2n) is 5.35. The molecule has 0 atom stereocenters. The van der Waals surface area contributed by atoms with Gasteiger partial charge in [0.15, 0.2) is 15.8 Å². The van der Waals surface area contributed by atoms with E-state index in [4.69, 9.17) is 21.7 Å². The number of benzene rings is 2. The van der Waals surface area contributed by atoms with Crippen molar-refractivity contribution < 1.29 is 19.4 Å². The van der Waals surface area contributed by atoms with E-state index in [2.05, 4.69) is 0 Å². The zero-order valence-electron chi connectivity index (χ0n) is 14.3. The SMILES string of the molecule is CCOc1cc(/C=C2\SC(=S)N(c3ccccc3OC)C2=O)ccc1O. The number of carbonyl (C=O) groups excluding carboxylic acids is 1. The summed E-state index contributed by atoms with van der Waals surface area (Å²) in [6.07, 6.45) is 1.73. The number of hydrogen-bond acceptors (Lipinski definition) is 6. The highest BCUT2D eigenvalue weighted by Crippen LogP contribution is 2.40. The minimum atomic E-state index is -0.212. The van der Waals surface area contributed by atoms with Crippen LogP contribution in [0, 0.1) is 0 Å². The van der Waals surface area contributed by atoms with Crippen molar-refractivity contribution in [1.29, 1.82) is 0 Å². The van der Waals surface area contributed by atoms with E-state index in [0.717, 1.165) is 5.56 Å². The van der Waals surface area contributed by atoms with Gasteiger partial charge in [0, 0.05) is 0 Å². The number of thioether (sulfide) groups is 1. The van der Waals surface area contributed by atoms with Gasteiger partial charge in [0.05, 0.1) is 24.3 Å². The number of anilines is 1. The highest BCUT2D eigenvalue weighted by Gasteiger charge is 2.34. The first-order valence-corrected chi connectivity index (χ1v) is 9.14. The lowest BCUT2D eigenvalue weighted by molar-refractivity contribution is -0.113. The van der Waals surface area contributed by atoms with E-state index in [0.29, 0.717) is 33.0 Å². The summed E-state index contributed by atoms with van der Waals surface area (Å²) < 4.78 is 11.2. The molecule has 0 radical (unpaired) electrons. The predicted octanol–water partition coefficient (Wildman–Crippen LogP) is 4.21. The summed E-state index contributed by atoms with van der Waals surface area (Å²) in [6.45, 7) is 2.28. The number of carbonyl (C=O) groups is 1. The fourth-order valence-electron chi connectivity index (χ4n) is 2.53. The lowest BCUT2D eigenvalue weighted by Crippen LogP contribution is -2.27. The number of ether oxygens (including phenoxy) is 2. The van der Waals surface area contributed by atoms with E-state index >= 15 is 0 Å². The van der Waals surface area contributed by atoms with Gasteiger partial charge in [-0.15, -0.1) is 0 Å². The fourth-order valence-corrected chi connectivity index (χ4v) is 3.82. The molecular formula is C19H17NO4S2. The molecule has 1 heterocycles. The van der Waals surface area contributed by atoms with Crippen LogP contribution >= 0.6 is 24.0 Å². The smallest absolute Gasteiger partial charge is 0.270 e. The Balaban J connectivity index is 1.94. The third kappa shape index (κ3) is 3.54. The maximum Gasteiger partial charge on any atom is 0.270 e. The lowest BCUT2D eigenvalue weighted by Gasteiger charge is -2.17. The average molecular weight is 387 g/mol. The van der Waals surface area contributed by atoms with E-state index in [1.807, 2.05) is 19.1 Å². The Labute approximate surface area is 161 Å². The van der Waals surface area contributed by atoms with Crippen LogP contribution in [0.15, 0.2) is 47.4 Å². The molecule has 2 aromatic rings. The number of rotatable bonds is 5. The molecule has 0 unspecified atom stereocenters. The van der Waals surface area contributed by atoms with Gasteiger partial charge in [0.25, 0.3) is 5.91 Å². The van der Waals surface area contributed by atoms with Gasteiger partial charge in [-0.3, -0.25) is 9.69 Å². The van der Waals surface area contributed by atoms with Crippen molar-refractivity contribution in [2.75, 3.05) is 18.6 Å². The molecule has 2 aromatic carbocycles. The normalized spacial score (nSPS) is 15.6. The van der Waals surface area contributed by atoms with E-state index in [1.165, 1.54) is 22.7 Å². The number of methoxy groups -OCH3 is 1. The molecule has 1 N–H and O–H groups in total. The van der Waals surface area contributed by atoms with Crippen molar-refractivity contribution in [3.8, 4) is 17.2 Å². The average Bonchev–Trinajstić information content (AvgIpc) is 2.91. The van der Waals surface area contributed by atoms with Crippen molar-refractivity contribution in [3.63, 3.8) is 0 Å². The van der Waals surface area contributed by atoms with Gasteiger partial charge >= 0.3 is 0 Å². The number of phenols is 1. The molecule has 0 aromatic heterocycles. The number of phenolic OH excluding ortho intramolecular Hbond substituents is 1. The van der Waals surface area contributed by atoms with Gasteiger partial charge < -0.3 is 14.6 Å². The van der Waals surface area contributed by atoms with Crippen molar-refractivity contribution in [2.24, 2.45) is 0 Å². The van der Waals surface area contributed by atoms with Crippen LogP contribution in [0.1, 0.15) is 12.5 Å². The highest BCUT2D eigenvalue weighted by molar-refractivity contribution is 8.27. The van der Waals surface area contributed by atoms with Crippen LogP contribution in [0.25, 0.3) is 6.08 Å². The topological polar surface area (TPSA) is 59.0 Å². The number of thiocarbonyl (C=S) groups is 1. The summed E-state index contributed by atoms with van der Waals surface area (Å²) in [5.41, 5.74) is 1.35. The molecule has 1 amide bonds. The molecular weight excluding hydrogens is 370 g/mol. The van der Waals surface area contributed by atoms with Crippen molar-refractivity contribution in [1.82, 2.24) is 0 Å². The Morgan fingerprint density at radius 1 is 1.23 bits per heavy atom. The minimum absolute atomic E-state index is 0.0607. The predicted molar refractivity (Wildman–Crippen MR) is 108 cm³/mol. The van der Waals surface area contributed by atoms with Crippen LogP contribution in [0.3, 0.4) is 0 Å². The van der Waals surface area contributed by atoms with Crippen LogP contribution < -0.4 is 14.4 Å². The van der Waals surface area contributed by atoms with E-state index < -0.39 is 0 Å². The standard InChI is InChI=1S/C19H17NO4S2/c1-3-24-16-10-12(8-9-14(16)21)11-17-18(22)20(19(25)26-17)13-6-4-5-7-15(13)23-2/h4-11,21H,3H2,1-2H3/b17-11-. The Morgan fingerprint density at radius 3 is 2.73 bits per heavy atom. The summed E-state index contributed by atoms with van der Waals surface area (Å²) in [4.78, 5) is 14.8. The molecule has 5 nitrogen and oxygen atoms in total. The van der Waals surface area contributed by atoms with Crippen LogP contribution in [0.4, 0.5) is 5.69 Å². The summed E-state index contributed by atoms with van der Waals surface area (Å²) in [6, 6.07) is 12.2. The largest absolute Gasteiger partial charge is 0.504 e. The van der Waals surface area contributed by atoms with Crippen LogP contribution in [0.2, 0.25) is 0 Å². The van der Waals surface area contributed by atoms with E-state index in [1.54, 1.807) is 37.5 Å². The van der Waals surface area contributed by atoms with Gasteiger partial charge in [0.2, 0.25) is 0 Å². The number of amides is 1. The van der Waals surface area contributed by atoms with E-state index in [9.17, 15) is 9.90 Å². The van der Waals surface area contributed by atoms with Gasteiger partial charge in [-0.05, 0) is 42.8 Å². The summed E-state index contributed by atoms with van der Waals surface area (Å²) in [5, 5.41) is 9.81. The zero-order chi connectivity index (χ0) is 18.7. The Kier molecular flexibility index (Phi) is 5.49. The molecule has 26 heavy (non-hydrogen) atoms. The Morgan fingerprint density at radius 2 is 2.00 bits per heavy atom. The van der Waals surface area contributed by atoms with Crippen molar-refractivity contribution in [2.45, 2.75) is 6.92 Å². The van der Waals surface area contributed by atoms with E-state index in [-0.39, 0.29) is 11.7 Å². The van der Waals surface area contributed by atoms with Crippen LogP contribution in [0.5, 0.6) is 17.2 Å². The molecule has 1 fully saturated rings. The van der Waals surface area contributed by atoms with Crippen LogP contribution in [-0.2, 0) is 4.79 Å². The summed E-state index contributed by atoms with van der Waals surface area (Å²) >= 11 is 6.62. The van der Waals surface area contributed by atoms with Gasteiger partial charge in [-0.25, -0.2) is 0 Å². The summed E-state index contributed by atoms with van der Waals surface area (Å²) in [5.74, 6) is 0.802. The first-order valence-electron chi connectivity index (χ1n) is 7.92. The van der Waals surface area contributed by atoms with Gasteiger partial charge in [0.1, 0.15) is 5.75 Å². The molecule has 7 heteroatoms. The van der Waals surface area contributed by atoms with Crippen LogP contribution in [-0.4, -0.2) is 29.1 Å². The molecule has 134 valence electrons. The van der Waals surface area contributed by atoms with Crippen molar-refractivity contribution >= 4 is 46.0 Å². The highest BCUT2D eigenvalue weighted by atomic mass is 32.2. The molecule has 3 rings (SSSR count). The first-order chi connectivity index (χ1) is 12.5. The summed E-state index contributed by atoms with van der Waals surface area (Å²) in [7, 11) is 1.55.